The standard InChI is InChI=1S/C32H36N4O7/c1-2-6-30(40)43-25-15-11-23(12-16-25)34-28(38)17-18-29(39)35-27(20-22-9-13-24(37)14-10-22)32(42)36-26(31(33)41)19-21-7-4-3-5-8-21/h3-5,7-16,26-27,37H,2,6,17-20H2,1H3,(H2,33,41)(H,34,38)(H,35,39)(H,36,42)/t26-,27-/m0/s1. The largest absolute Gasteiger partial charge is 0.508 e. The molecule has 0 saturated heterocycles. The number of hydrogen-bond donors (Lipinski definition) is 5. The van der Waals surface area contributed by atoms with Crippen molar-refractivity contribution in [2.75, 3.05) is 5.32 Å². The highest BCUT2D eigenvalue weighted by Crippen LogP contribution is 2.17. The van der Waals surface area contributed by atoms with Crippen LogP contribution in [-0.2, 0) is 36.8 Å². The van der Waals surface area contributed by atoms with Gasteiger partial charge in [-0.15, -0.1) is 0 Å². The van der Waals surface area contributed by atoms with Gasteiger partial charge in [-0.1, -0.05) is 49.4 Å². The van der Waals surface area contributed by atoms with Crippen LogP contribution in [0.5, 0.6) is 11.5 Å². The quantitative estimate of drug-likeness (QED) is 0.134. The lowest BCUT2D eigenvalue weighted by molar-refractivity contribution is -0.134. The van der Waals surface area contributed by atoms with E-state index in [2.05, 4.69) is 16.0 Å². The van der Waals surface area contributed by atoms with E-state index in [0.717, 1.165) is 5.56 Å². The Bertz CT molecular complexity index is 1390. The number of ether oxygens (including phenoxy) is 1. The topological polar surface area (TPSA) is 177 Å². The average Bonchev–Trinajstić information content (AvgIpc) is 2.98. The van der Waals surface area contributed by atoms with E-state index in [0.29, 0.717) is 29.8 Å². The van der Waals surface area contributed by atoms with E-state index >= 15 is 0 Å². The van der Waals surface area contributed by atoms with Crippen molar-refractivity contribution < 1.29 is 33.8 Å². The van der Waals surface area contributed by atoms with Crippen LogP contribution in [0.4, 0.5) is 5.69 Å². The number of primary amides is 1. The molecule has 3 aromatic rings. The van der Waals surface area contributed by atoms with Gasteiger partial charge >= 0.3 is 5.97 Å². The van der Waals surface area contributed by atoms with Crippen molar-refractivity contribution in [3.05, 3.63) is 90.0 Å². The van der Waals surface area contributed by atoms with Gasteiger partial charge in [0.2, 0.25) is 23.6 Å². The minimum absolute atomic E-state index is 0.0450. The summed E-state index contributed by atoms with van der Waals surface area (Å²) in [6.45, 7) is 1.87. The van der Waals surface area contributed by atoms with Crippen LogP contribution < -0.4 is 26.4 Å². The average molecular weight is 589 g/mol. The first-order valence-electron chi connectivity index (χ1n) is 13.9. The number of rotatable bonds is 15. The predicted octanol–water partition coefficient (Wildman–Crippen LogP) is 2.76. The number of phenolic OH excluding ortho intramolecular Hbond substituents is 1. The van der Waals surface area contributed by atoms with Crippen molar-refractivity contribution >= 4 is 35.3 Å². The molecule has 6 N–H and O–H groups in total. The zero-order chi connectivity index (χ0) is 31.2. The van der Waals surface area contributed by atoms with E-state index in [1.807, 2.05) is 13.0 Å². The Morgan fingerprint density at radius 1 is 0.744 bits per heavy atom. The van der Waals surface area contributed by atoms with E-state index < -0.39 is 35.7 Å². The van der Waals surface area contributed by atoms with Crippen LogP contribution in [-0.4, -0.2) is 46.8 Å². The number of aromatic hydroxyl groups is 1. The molecule has 3 aromatic carbocycles. The first kappa shape index (κ1) is 32.3. The minimum atomic E-state index is -1.08. The van der Waals surface area contributed by atoms with Crippen LogP contribution >= 0.6 is 0 Å². The molecule has 226 valence electrons. The second-order valence-corrected chi connectivity index (χ2v) is 9.94. The third kappa shape index (κ3) is 11.3. The maximum Gasteiger partial charge on any atom is 0.311 e. The number of anilines is 1. The van der Waals surface area contributed by atoms with Gasteiger partial charge in [-0.25, -0.2) is 0 Å². The fraction of sp³-hybridized carbons (Fsp3) is 0.281. The van der Waals surface area contributed by atoms with Gasteiger partial charge in [0.25, 0.3) is 0 Å². The lowest BCUT2D eigenvalue weighted by Gasteiger charge is -2.22. The van der Waals surface area contributed by atoms with Crippen molar-refractivity contribution in [1.29, 1.82) is 0 Å². The number of amides is 4. The monoisotopic (exact) mass is 588 g/mol. The van der Waals surface area contributed by atoms with Crippen LogP contribution in [0.2, 0.25) is 0 Å². The fourth-order valence-electron chi connectivity index (χ4n) is 4.13. The molecule has 0 aliphatic rings. The molecule has 0 unspecified atom stereocenters. The number of phenols is 1. The van der Waals surface area contributed by atoms with Crippen LogP contribution in [0.25, 0.3) is 0 Å². The third-order valence-electron chi connectivity index (χ3n) is 6.37. The van der Waals surface area contributed by atoms with Gasteiger partial charge in [-0.3, -0.25) is 24.0 Å². The fourth-order valence-corrected chi connectivity index (χ4v) is 4.13. The number of esters is 1. The Morgan fingerprint density at radius 2 is 1.35 bits per heavy atom. The van der Waals surface area contributed by atoms with E-state index in [-0.39, 0.29) is 37.4 Å². The van der Waals surface area contributed by atoms with Crippen molar-refractivity contribution in [2.24, 2.45) is 5.73 Å². The summed E-state index contributed by atoms with van der Waals surface area (Å²) in [7, 11) is 0. The normalized spacial score (nSPS) is 11.9. The highest BCUT2D eigenvalue weighted by molar-refractivity contribution is 5.95. The van der Waals surface area contributed by atoms with Crippen LogP contribution in [0.15, 0.2) is 78.9 Å². The maximum atomic E-state index is 13.3. The first-order chi connectivity index (χ1) is 20.6. The highest BCUT2D eigenvalue weighted by atomic mass is 16.5. The Morgan fingerprint density at radius 3 is 1.98 bits per heavy atom. The summed E-state index contributed by atoms with van der Waals surface area (Å²) in [6, 6.07) is 19.4. The van der Waals surface area contributed by atoms with Gasteiger partial charge < -0.3 is 31.5 Å². The number of hydrogen-bond acceptors (Lipinski definition) is 7. The number of nitrogens with one attached hydrogen (secondary N) is 3. The van der Waals surface area contributed by atoms with Crippen LogP contribution in [0.3, 0.4) is 0 Å². The molecule has 0 fully saturated rings. The maximum absolute atomic E-state index is 13.3. The predicted molar refractivity (Wildman–Crippen MR) is 160 cm³/mol. The molecule has 11 heteroatoms. The molecular weight excluding hydrogens is 552 g/mol. The number of carbonyl (C=O) groups is 5. The van der Waals surface area contributed by atoms with Crippen LogP contribution in [0, 0.1) is 0 Å². The van der Waals surface area contributed by atoms with Crippen molar-refractivity contribution in [2.45, 2.75) is 57.5 Å². The second kappa shape index (κ2) is 16.3. The zero-order valence-electron chi connectivity index (χ0n) is 23.9. The Kier molecular flexibility index (Phi) is 12.3. The number of carbonyl (C=O) groups excluding carboxylic acids is 5. The zero-order valence-corrected chi connectivity index (χ0v) is 23.9. The molecule has 0 radical (unpaired) electrons. The smallest absolute Gasteiger partial charge is 0.311 e. The SMILES string of the molecule is CCCC(=O)Oc1ccc(NC(=O)CCC(=O)N[C@@H](Cc2ccc(O)cc2)C(=O)N[C@@H](Cc2ccccc2)C(N)=O)cc1. The van der Waals surface area contributed by atoms with E-state index in [4.69, 9.17) is 10.5 Å². The first-order valence-corrected chi connectivity index (χ1v) is 13.9. The van der Waals surface area contributed by atoms with Gasteiger partial charge in [-0.05, 0) is 53.9 Å². The van der Waals surface area contributed by atoms with Gasteiger partial charge in [0, 0.05) is 37.8 Å². The Balaban J connectivity index is 1.59. The van der Waals surface area contributed by atoms with Crippen molar-refractivity contribution in [3.63, 3.8) is 0 Å². The number of benzene rings is 3. The molecule has 0 aliphatic heterocycles. The Labute approximate surface area is 249 Å². The molecule has 4 amide bonds. The lowest BCUT2D eigenvalue weighted by atomic mass is 10.0. The summed E-state index contributed by atoms with van der Waals surface area (Å²) < 4.78 is 5.19. The molecular formula is C32H36N4O7. The lowest BCUT2D eigenvalue weighted by Crippen LogP contribution is -2.54. The molecule has 0 heterocycles. The van der Waals surface area contributed by atoms with E-state index in [1.54, 1.807) is 60.7 Å². The molecule has 0 bridgehead atoms. The van der Waals surface area contributed by atoms with Gasteiger partial charge in [-0.2, -0.15) is 0 Å². The molecule has 0 saturated carbocycles. The van der Waals surface area contributed by atoms with E-state index in [9.17, 15) is 29.1 Å². The molecule has 0 spiro atoms. The summed E-state index contributed by atoms with van der Waals surface area (Å²) in [5.74, 6) is -2.27. The second-order valence-electron chi connectivity index (χ2n) is 9.94. The van der Waals surface area contributed by atoms with Gasteiger partial charge in [0.1, 0.15) is 23.6 Å². The van der Waals surface area contributed by atoms with Gasteiger partial charge in [0.05, 0.1) is 0 Å². The van der Waals surface area contributed by atoms with Gasteiger partial charge in [0.15, 0.2) is 0 Å². The summed E-state index contributed by atoms with van der Waals surface area (Å²) >= 11 is 0. The minimum Gasteiger partial charge on any atom is -0.508 e. The molecule has 11 nitrogen and oxygen atoms in total. The molecule has 0 aliphatic carbocycles. The van der Waals surface area contributed by atoms with E-state index in [1.165, 1.54) is 12.1 Å². The highest BCUT2D eigenvalue weighted by Gasteiger charge is 2.26. The summed E-state index contributed by atoms with van der Waals surface area (Å²) in [6.07, 6.45) is 0.841. The summed E-state index contributed by atoms with van der Waals surface area (Å²) in [5, 5.41) is 17.6. The molecule has 0 aromatic heterocycles. The van der Waals surface area contributed by atoms with Crippen LogP contribution in [0.1, 0.15) is 43.7 Å². The Hall–Kier alpha value is -5.19. The summed E-state index contributed by atoms with van der Waals surface area (Å²) in [5.41, 5.74) is 7.46. The summed E-state index contributed by atoms with van der Waals surface area (Å²) in [4.78, 5) is 62.3. The molecule has 43 heavy (non-hydrogen) atoms. The third-order valence-corrected chi connectivity index (χ3v) is 6.37. The number of nitrogens with two attached hydrogens (primary N) is 1. The molecule has 3 rings (SSSR count). The van der Waals surface area contributed by atoms with Crippen molar-refractivity contribution in [1.82, 2.24) is 10.6 Å². The van der Waals surface area contributed by atoms with Crippen molar-refractivity contribution in [3.8, 4) is 11.5 Å². The molecule has 2 atom stereocenters.